The standard InChI is InChI=1S/C25H33N6O5PS/c1-15-6-8-17(9-7-15)36-37(30-25(10-5-11-25)23(32)33-3)34-13-18-12-16(2)22(35-18)31-14-27-19-20(31)28-24(26)29-21(19)38-4/h6-9,14,16,18,22,30H,5,10-13H2,1-4H3,(H2,26,28,29). The third-order valence-electron chi connectivity index (χ3n) is 7.00. The van der Waals surface area contributed by atoms with Crippen molar-refractivity contribution in [3.63, 3.8) is 0 Å². The van der Waals surface area contributed by atoms with Crippen molar-refractivity contribution in [2.45, 2.75) is 62.4 Å². The third kappa shape index (κ3) is 5.46. The van der Waals surface area contributed by atoms with Gasteiger partial charge in [0, 0.05) is 5.92 Å². The largest absolute Gasteiger partial charge is 0.468 e. The van der Waals surface area contributed by atoms with Crippen LogP contribution in [0.5, 0.6) is 5.75 Å². The summed E-state index contributed by atoms with van der Waals surface area (Å²) in [7, 11) is -0.241. The van der Waals surface area contributed by atoms with Gasteiger partial charge in [-0.1, -0.05) is 24.6 Å². The van der Waals surface area contributed by atoms with Crippen LogP contribution in [0.4, 0.5) is 5.95 Å². The second-order valence-electron chi connectivity index (χ2n) is 9.77. The first-order chi connectivity index (χ1) is 18.3. The number of nitrogens with one attached hydrogen (secondary N) is 1. The number of benzene rings is 1. The van der Waals surface area contributed by atoms with Crippen LogP contribution in [0.25, 0.3) is 11.2 Å². The summed E-state index contributed by atoms with van der Waals surface area (Å²) in [5, 5.41) is 4.07. The maximum absolute atomic E-state index is 12.6. The van der Waals surface area contributed by atoms with Crippen LogP contribution in [0.1, 0.15) is 44.4 Å². The average Bonchev–Trinajstić information content (AvgIpc) is 3.47. The van der Waals surface area contributed by atoms with Crippen LogP contribution in [0, 0.1) is 12.8 Å². The molecule has 4 atom stereocenters. The van der Waals surface area contributed by atoms with Gasteiger partial charge in [0.05, 0.1) is 26.1 Å². The summed E-state index contributed by atoms with van der Waals surface area (Å²) in [6.45, 7) is 4.44. The zero-order valence-corrected chi connectivity index (χ0v) is 23.6. The van der Waals surface area contributed by atoms with E-state index in [9.17, 15) is 4.79 Å². The zero-order valence-electron chi connectivity index (χ0n) is 21.9. The first-order valence-electron chi connectivity index (χ1n) is 12.6. The van der Waals surface area contributed by atoms with Gasteiger partial charge >= 0.3 is 14.5 Å². The van der Waals surface area contributed by atoms with Crippen LogP contribution >= 0.6 is 20.3 Å². The minimum atomic E-state index is -1.65. The fourth-order valence-electron chi connectivity index (χ4n) is 4.79. The van der Waals surface area contributed by atoms with Crippen molar-refractivity contribution < 1.29 is 23.3 Å². The highest BCUT2D eigenvalue weighted by atomic mass is 32.2. The molecule has 1 aliphatic heterocycles. The number of fused-ring (bicyclic) bond motifs is 1. The summed E-state index contributed by atoms with van der Waals surface area (Å²) < 4.78 is 25.9. The highest BCUT2D eigenvalue weighted by molar-refractivity contribution is 7.98. The van der Waals surface area contributed by atoms with E-state index in [1.54, 1.807) is 6.33 Å². The van der Waals surface area contributed by atoms with Gasteiger partial charge in [0.25, 0.3) is 0 Å². The van der Waals surface area contributed by atoms with Crippen LogP contribution in [-0.4, -0.2) is 57.1 Å². The summed E-state index contributed by atoms with van der Waals surface area (Å²) in [5.41, 5.74) is 7.64. The topological polar surface area (TPSA) is 136 Å². The number of nitrogens with two attached hydrogens (primary N) is 1. The minimum Gasteiger partial charge on any atom is -0.468 e. The van der Waals surface area contributed by atoms with E-state index in [0.29, 0.717) is 36.4 Å². The van der Waals surface area contributed by atoms with Gasteiger partial charge in [-0.3, -0.25) is 9.36 Å². The summed E-state index contributed by atoms with van der Waals surface area (Å²) in [4.78, 5) is 25.8. The molecule has 0 amide bonds. The first kappa shape index (κ1) is 27.1. The van der Waals surface area contributed by atoms with E-state index in [1.165, 1.54) is 18.9 Å². The van der Waals surface area contributed by atoms with Crippen molar-refractivity contribution in [3.8, 4) is 5.75 Å². The second kappa shape index (κ2) is 11.3. The highest BCUT2D eigenvalue weighted by Gasteiger charge is 2.48. The van der Waals surface area contributed by atoms with Gasteiger partial charge in [-0.05, 0) is 51.0 Å². The summed E-state index contributed by atoms with van der Waals surface area (Å²) >= 11 is 1.48. The number of ether oxygens (including phenoxy) is 2. The third-order valence-corrected chi connectivity index (χ3v) is 9.05. The van der Waals surface area contributed by atoms with Crippen molar-refractivity contribution >= 4 is 43.4 Å². The van der Waals surface area contributed by atoms with E-state index in [-0.39, 0.29) is 30.2 Å². The Bertz CT molecular complexity index is 1290. The molecule has 1 saturated carbocycles. The fraction of sp³-hybridized carbons (Fsp3) is 0.520. The van der Waals surface area contributed by atoms with E-state index >= 15 is 0 Å². The molecule has 3 N–H and O–H groups in total. The Labute approximate surface area is 227 Å². The highest BCUT2D eigenvalue weighted by Crippen LogP contribution is 2.45. The van der Waals surface area contributed by atoms with Crippen molar-refractivity contribution in [2.75, 3.05) is 25.7 Å². The molecule has 3 aromatic rings. The van der Waals surface area contributed by atoms with E-state index in [2.05, 4.69) is 27.0 Å². The van der Waals surface area contributed by atoms with Crippen molar-refractivity contribution in [1.29, 1.82) is 0 Å². The van der Waals surface area contributed by atoms with Crippen molar-refractivity contribution in [3.05, 3.63) is 36.2 Å². The zero-order chi connectivity index (χ0) is 26.9. The Balaban J connectivity index is 1.29. The van der Waals surface area contributed by atoms with Gasteiger partial charge in [-0.25, -0.2) is 15.1 Å². The predicted octanol–water partition coefficient (Wildman–Crippen LogP) is 4.37. The quantitative estimate of drug-likeness (QED) is 0.158. The molecule has 4 unspecified atom stereocenters. The molecule has 5 rings (SSSR count). The van der Waals surface area contributed by atoms with Crippen LogP contribution in [0.2, 0.25) is 0 Å². The number of esters is 1. The summed E-state index contributed by atoms with van der Waals surface area (Å²) in [6.07, 6.45) is 6.26. The number of hydrogen-bond donors (Lipinski definition) is 2. The molecule has 1 aromatic carbocycles. The number of nitrogens with zero attached hydrogens (tertiary/aromatic N) is 4. The molecule has 0 spiro atoms. The Hall–Kier alpha value is -2.50. The number of methoxy groups -OCH3 is 1. The number of aryl methyl sites for hydroxylation is 1. The molecular formula is C25H33N6O5PS. The Morgan fingerprint density at radius 2 is 2.08 bits per heavy atom. The number of carbonyl (C=O) groups is 1. The average molecular weight is 561 g/mol. The van der Waals surface area contributed by atoms with Gasteiger partial charge in [-0.2, -0.15) is 4.98 Å². The Morgan fingerprint density at radius 1 is 1.32 bits per heavy atom. The number of nitrogen functional groups attached to an aromatic ring is 1. The monoisotopic (exact) mass is 560 g/mol. The van der Waals surface area contributed by atoms with Crippen molar-refractivity contribution in [2.24, 2.45) is 5.92 Å². The lowest BCUT2D eigenvalue weighted by Crippen LogP contribution is -2.56. The number of imidazole rings is 1. The van der Waals surface area contributed by atoms with Gasteiger partial charge in [0.15, 0.2) is 5.65 Å². The number of rotatable bonds is 10. The summed E-state index contributed by atoms with van der Waals surface area (Å²) in [5.74, 6) is 0.754. The SMILES string of the molecule is COC(=O)C1(NP(OCC2CC(C)C(n3cnc4c(SC)nc(N)nc43)O2)Oc2ccc(C)cc2)CCC1. The van der Waals surface area contributed by atoms with Crippen molar-refractivity contribution in [1.82, 2.24) is 24.6 Å². The number of hydrogen-bond acceptors (Lipinski definition) is 11. The molecule has 1 saturated heterocycles. The van der Waals surface area contributed by atoms with E-state index in [1.807, 2.05) is 42.0 Å². The molecule has 13 heteroatoms. The van der Waals surface area contributed by atoms with Gasteiger partial charge < -0.3 is 24.3 Å². The molecule has 38 heavy (non-hydrogen) atoms. The lowest BCUT2D eigenvalue weighted by Gasteiger charge is -2.40. The number of carbonyl (C=O) groups excluding carboxylic acids is 1. The number of aromatic nitrogens is 4. The smallest absolute Gasteiger partial charge is 0.326 e. The second-order valence-corrected chi connectivity index (χ2v) is 11.7. The molecule has 0 bridgehead atoms. The molecule has 2 aromatic heterocycles. The first-order valence-corrected chi connectivity index (χ1v) is 15.0. The van der Waals surface area contributed by atoms with Gasteiger partial charge in [-0.15, -0.1) is 11.8 Å². The Kier molecular flexibility index (Phi) is 8.06. The maximum Gasteiger partial charge on any atom is 0.326 e. The number of anilines is 1. The van der Waals surface area contributed by atoms with Crippen LogP contribution in [0.3, 0.4) is 0 Å². The Morgan fingerprint density at radius 3 is 2.74 bits per heavy atom. The van der Waals surface area contributed by atoms with E-state index in [4.69, 9.17) is 24.3 Å². The van der Waals surface area contributed by atoms with Crippen LogP contribution < -0.4 is 15.3 Å². The molecule has 1 aliphatic carbocycles. The number of thioether (sulfide) groups is 1. The lowest BCUT2D eigenvalue weighted by atomic mass is 9.78. The van der Waals surface area contributed by atoms with Crippen LogP contribution in [-0.2, 0) is 18.8 Å². The molecule has 204 valence electrons. The normalized spacial score (nSPS) is 23.2. The fourth-order valence-corrected chi connectivity index (χ4v) is 6.75. The molecule has 3 heterocycles. The maximum atomic E-state index is 12.6. The molecule has 2 aliphatic rings. The predicted molar refractivity (Wildman–Crippen MR) is 146 cm³/mol. The minimum absolute atomic E-state index is 0.181. The molecular weight excluding hydrogens is 527 g/mol. The van der Waals surface area contributed by atoms with Gasteiger partial charge in [0.1, 0.15) is 28.1 Å². The van der Waals surface area contributed by atoms with Crippen LogP contribution in [0.15, 0.2) is 35.6 Å². The molecule has 0 radical (unpaired) electrons. The van der Waals surface area contributed by atoms with Gasteiger partial charge in [0.2, 0.25) is 5.95 Å². The summed E-state index contributed by atoms with van der Waals surface area (Å²) in [6, 6.07) is 7.74. The van der Waals surface area contributed by atoms with E-state index in [0.717, 1.165) is 23.4 Å². The molecule has 2 fully saturated rings. The lowest BCUT2D eigenvalue weighted by molar-refractivity contribution is -0.151. The molecule has 11 nitrogen and oxygen atoms in total. The van der Waals surface area contributed by atoms with E-state index < -0.39 is 14.1 Å².